The van der Waals surface area contributed by atoms with Crippen LogP contribution >= 0.6 is 11.3 Å². The van der Waals surface area contributed by atoms with Gasteiger partial charge in [0.2, 0.25) is 0 Å². The molecule has 0 aliphatic carbocycles. The van der Waals surface area contributed by atoms with Gasteiger partial charge in [0.25, 0.3) is 0 Å². The Kier molecular flexibility index (Phi) is 5.08. The Balaban J connectivity index is 1.13. The fourth-order valence-electron chi connectivity index (χ4n) is 7.27. The van der Waals surface area contributed by atoms with Crippen LogP contribution < -0.4 is 0 Å². The van der Waals surface area contributed by atoms with Crippen molar-refractivity contribution in [3.05, 3.63) is 158 Å². The van der Waals surface area contributed by atoms with Crippen LogP contribution in [0.15, 0.2) is 162 Å². The van der Waals surface area contributed by atoms with E-state index in [1.807, 2.05) is 60.7 Å². The van der Waals surface area contributed by atoms with E-state index in [0.29, 0.717) is 22.5 Å². The number of rotatable bonds is 4. The largest absolute Gasteiger partial charge is 0.456 e. The number of nitrogens with zero attached hydrogens (tertiary/aromatic N) is 4. The van der Waals surface area contributed by atoms with E-state index < -0.39 is 18.1 Å². The highest BCUT2D eigenvalue weighted by Gasteiger charge is 2.20. The molecule has 0 bridgehead atoms. The highest BCUT2D eigenvalue weighted by atomic mass is 32.1. The first-order valence-corrected chi connectivity index (χ1v) is 17.3. The maximum Gasteiger partial charge on any atom is 0.164 e. The van der Waals surface area contributed by atoms with Crippen molar-refractivity contribution in [2.75, 3.05) is 0 Å². The van der Waals surface area contributed by atoms with E-state index in [0.717, 1.165) is 33.1 Å². The Labute approximate surface area is 302 Å². The van der Waals surface area contributed by atoms with Crippen LogP contribution in [0.5, 0.6) is 0 Å². The minimum absolute atomic E-state index is 0.0167. The van der Waals surface area contributed by atoms with E-state index in [-0.39, 0.29) is 29.3 Å². The number of benzene rings is 7. The molecule has 5 nitrogen and oxygen atoms in total. The van der Waals surface area contributed by atoms with Crippen molar-refractivity contribution in [1.82, 2.24) is 19.5 Å². The predicted octanol–water partition coefficient (Wildman–Crippen LogP) is 12.2. The summed E-state index contributed by atoms with van der Waals surface area (Å²) in [5.41, 5.74) is 5.78. The second-order valence-electron chi connectivity index (χ2n) is 12.5. The summed E-state index contributed by atoms with van der Waals surface area (Å²) in [6, 6.07) is 40.8. The second kappa shape index (κ2) is 10.9. The molecule has 4 aromatic heterocycles. The second-order valence-corrected chi connectivity index (χ2v) is 13.5. The molecule has 0 aliphatic heterocycles. The number of hydrogen-bond donors (Lipinski definition) is 0. The van der Waals surface area contributed by atoms with E-state index >= 15 is 0 Å². The highest BCUT2D eigenvalue weighted by Crippen LogP contribution is 2.43. The molecular weight excluding hydrogens is 645 g/mol. The van der Waals surface area contributed by atoms with Gasteiger partial charge in [-0.3, -0.25) is 0 Å². The number of furan rings is 1. The zero-order chi connectivity index (χ0) is 37.8. The van der Waals surface area contributed by atoms with Crippen LogP contribution in [0.1, 0.15) is 6.85 Å². The minimum atomic E-state index is -0.481. The van der Waals surface area contributed by atoms with Gasteiger partial charge < -0.3 is 8.98 Å². The first kappa shape index (κ1) is 23.7. The molecule has 238 valence electrons. The standard InChI is InChI=1S/C45H26N4OS/c1-3-12-27(13-4-1)43-46-44(28-14-5-2-6-15-28)48-45(47-43)29-22-23-32-39(24-29)50-38-20-11-19-36(42(32)38)49-35-18-9-7-16-30(35)33-25-34-31-17-8-10-21-40(31)51-41(34)26-37(33)49/h1-26H/i1D,3D,4D,12D,13D. The van der Waals surface area contributed by atoms with E-state index in [9.17, 15) is 0 Å². The summed E-state index contributed by atoms with van der Waals surface area (Å²) >= 11 is 1.80. The van der Waals surface area contributed by atoms with Crippen LogP contribution in [-0.4, -0.2) is 19.5 Å². The quantitative estimate of drug-likeness (QED) is 0.186. The number of aromatic nitrogens is 4. The van der Waals surface area contributed by atoms with Gasteiger partial charge in [-0.05, 0) is 48.5 Å². The van der Waals surface area contributed by atoms with Gasteiger partial charge in [-0.25, -0.2) is 15.0 Å². The Morgan fingerprint density at radius 3 is 2.10 bits per heavy atom. The third-order valence-corrected chi connectivity index (χ3v) is 10.7. The van der Waals surface area contributed by atoms with Crippen molar-refractivity contribution in [3.63, 3.8) is 0 Å². The predicted molar refractivity (Wildman–Crippen MR) is 211 cm³/mol. The van der Waals surface area contributed by atoms with Crippen molar-refractivity contribution in [1.29, 1.82) is 0 Å². The Morgan fingerprint density at radius 1 is 0.490 bits per heavy atom. The molecular formula is C45H26N4OS. The molecule has 0 unspecified atom stereocenters. The molecule has 11 rings (SSSR count). The summed E-state index contributed by atoms with van der Waals surface area (Å²) < 4.78 is 53.4. The van der Waals surface area contributed by atoms with Gasteiger partial charge in [0, 0.05) is 53.0 Å². The first-order chi connectivity index (χ1) is 27.3. The molecule has 7 aromatic carbocycles. The van der Waals surface area contributed by atoms with Crippen LogP contribution in [0.25, 0.3) is 104 Å². The lowest BCUT2D eigenvalue weighted by molar-refractivity contribution is 0.669. The monoisotopic (exact) mass is 675 g/mol. The summed E-state index contributed by atoms with van der Waals surface area (Å²) in [7, 11) is 0. The highest BCUT2D eigenvalue weighted by molar-refractivity contribution is 7.25. The number of hydrogen-bond acceptors (Lipinski definition) is 5. The van der Waals surface area contributed by atoms with Gasteiger partial charge in [0.15, 0.2) is 17.5 Å². The molecule has 4 heterocycles. The van der Waals surface area contributed by atoms with Crippen LogP contribution in [0, 0.1) is 0 Å². The van der Waals surface area contributed by atoms with Gasteiger partial charge in [0.1, 0.15) is 11.2 Å². The van der Waals surface area contributed by atoms with Crippen LogP contribution in [-0.2, 0) is 0 Å². The lowest BCUT2D eigenvalue weighted by Gasteiger charge is -2.10. The summed E-state index contributed by atoms with van der Waals surface area (Å²) in [4.78, 5) is 14.2. The van der Waals surface area contributed by atoms with Crippen molar-refractivity contribution < 1.29 is 11.3 Å². The normalized spacial score (nSPS) is 13.3. The first-order valence-electron chi connectivity index (χ1n) is 19.0. The average molecular weight is 676 g/mol. The van der Waals surface area contributed by atoms with Gasteiger partial charge in [-0.1, -0.05) is 109 Å². The number of para-hydroxylation sites is 1. The summed E-state index contributed by atoms with van der Waals surface area (Å²) in [6.07, 6.45) is 0. The molecule has 0 spiro atoms. The van der Waals surface area contributed by atoms with E-state index in [4.69, 9.17) is 21.2 Å². The molecule has 0 N–H and O–H groups in total. The van der Waals surface area contributed by atoms with E-state index in [1.54, 1.807) is 11.3 Å². The lowest BCUT2D eigenvalue weighted by Crippen LogP contribution is -2.00. The zero-order valence-corrected chi connectivity index (χ0v) is 27.5. The Morgan fingerprint density at radius 2 is 1.24 bits per heavy atom. The molecule has 0 aliphatic rings. The molecule has 0 radical (unpaired) electrons. The van der Waals surface area contributed by atoms with Crippen molar-refractivity contribution >= 4 is 75.3 Å². The molecule has 0 atom stereocenters. The van der Waals surface area contributed by atoms with Crippen LogP contribution in [0.4, 0.5) is 0 Å². The Hall–Kier alpha value is -6.63. The topological polar surface area (TPSA) is 56.7 Å². The summed E-state index contributed by atoms with van der Waals surface area (Å²) in [5, 5.41) is 6.75. The fraction of sp³-hybridized carbons (Fsp3) is 0. The fourth-order valence-corrected chi connectivity index (χ4v) is 8.40. The molecule has 6 heteroatoms. The third-order valence-electron chi connectivity index (χ3n) is 9.54. The van der Waals surface area contributed by atoms with Crippen molar-refractivity contribution in [3.8, 4) is 39.9 Å². The number of fused-ring (bicyclic) bond motifs is 9. The zero-order valence-electron chi connectivity index (χ0n) is 31.7. The molecule has 0 amide bonds. The van der Waals surface area contributed by atoms with Gasteiger partial charge >= 0.3 is 0 Å². The molecule has 0 saturated carbocycles. The molecule has 0 fully saturated rings. The smallest absolute Gasteiger partial charge is 0.164 e. The average Bonchev–Trinajstić information content (AvgIpc) is 3.90. The van der Waals surface area contributed by atoms with E-state index in [1.165, 1.54) is 30.9 Å². The SMILES string of the molecule is [2H]c1c([2H])c([2H])c(-c2nc(-c3ccccc3)nc(-c3ccc4c(c3)oc3cccc(-n5c6ccccc6c6cc7c(cc65)sc5ccccc57)c34)n2)c([2H])c1[2H]. The maximum atomic E-state index is 8.65. The molecule has 51 heavy (non-hydrogen) atoms. The van der Waals surface area contributed by atoms with Gasteiger partial charge in [-0.15, -0.1) is 11.3 Å². The maximum absolute atomic E-state index is 8.65. The van der Waals surface area contributed by atoms with E-state index in [2.05, 4.69) is 76.3 Å². The van der Waals surface area contributed by atoms with Gasteiger partial charge in [0.05, 0.1) is 29.0 Å². The Bertz CT molecular complexity index is 3420. The lowest BCUT2D eigenvalue weighted by atomic mass is 10.1. The van der Waals surface area contributed by atoms with Crippen LogP contribution in [0.2, 0.25) is 0 Å². The summed E-state index contributed by atoms with van der Waals surface area (Å²) in [6.45, 7) is 0. The van der Waals surface area contributed by atoms with Crippen molar-refractivity contribution in [2.45, 2.75) is 0 Å². The van der Waals surface area contributed by atoms with Crippen molar-refractivity contribution in [2.24, 2.45) is 0 Å². The third kappa shape index (κ3) is 4.37. The summed E-state index contributed by atoms with van der Waals surface area (Å²) in [5.74, 6) is 0.568. The van der Waals surface area contributed by atoms with Crippen LogP contribution in [0.3, 0.4) is 0 Å². The molecule has 0 saturated heterocycles. The minimum Gasteiger partial charge on any atom is -0.456 e. The van der Waals surface area contributed by atoms with Gasteiger partial charge in [-0.2, -0.15) is 0 Å². The molecule has 11 aromatic rings. The number of thiophene rings is 1.